The summed E-state index contributed by atoms with van der Waals surface area (Å²) >= 11 is 6.30. The Kier molecular flexibility index (Phi) is 3.62. The topological polar surface area (TPSA) is 37.3 Å². The first kappa shape index (κ1) is 12.3. The Hall–Kier alpha value is -0.750. The minimum absolute atomic E-state index is 0.0742. The lowest BCUT2D eigenvalue weighted by Gasteiger charge is -2.16. The summed E-state index contributed by atoms with van der Waals surface area (Å²) in [5.41, 5.74) is 0. The molecule has 1 heterocycles. The summed E-state index contributed by atoms with van der Waals surface area (Å²) in [5, 5.41) is 9.92. The van der Waals surface area contributed by atoms with Crippen LogP contribution in [0.4, 0.5) is 13.2 Å². The SMILES string of the molecule is O=C(O)CC(c1cc(Cl)cs1)C(F)(F)F. The molecule has 0 saturated carbocycles. The van der Waals surface area contributed by atoms with Crippen LogP contribution in [0, 0.1) is 0 Å². The first-order chi connectivity index (χ1) is 6.80. The molecule has 15 heavy (non-hydrogen) atoms. The average Bonchev–Trinajstić information content (AvgIpc) is 2.45. The van der Waals surface area contributed by atoms with Gasteiger partial charge >= 0.3 is 12.1 Å². The zero-order valence-corrected chi connectivity index (χ0v) is 8.79. The van der Waals surface area contributed by atoms with Crippen molar-refractivity contribution in [3.8, 4) is 0 Å². The van der Waals surface area contributed by atoms with Crippen LogP contribution in [-0.4, -0.2) is 17.3 Å². The van der Waals surface area contributed by atoms with Crippen LogP contribution in [0.5, 0.6) is 0 Å². The summed E-state index contributed by atoms with van der Waals surface area (Å²) in [7, 11) is 0. The summed E-state index contributed by atoms with van der Waals surface area (Å²) in [6.07, 6.45) is -5.53. The van der Waals surface area contributed by atoms with Crippen LogP contribution in [0.3, 0.4) is 0 Å². The first-order valence-electron chi connectivity index (χ1n) is 3.83. The van der Waals surface area contributed by atoms with Crippen LogP contribution >= 0.6 is 22.9 Å². The second kappa shape index (κ2) is 4.40. The Balaban J connectivity index is 2.96. The van der Waals surface area contributed by atoms with E-state index in [1.807, 2.05) is 0 Å². The van der Waals surface area contributed by atoms with Gasteiger partial charge in [-0.25, -0.2) is 0 Å². The second-order valence-electron chi connectivity index (χ2n) is 2.86. The zero-order chi connectivity index (χ0) is 11.6. The minimum Gasteiger partial charge on any atom is -0.481 e. The van der Waals surface area contributed by atoms with Gasteiger partial charge in [0.05, 0.1) is 17.4 Å². The van der Waals surface area contributed by atoms with Crippen LogP contribution < -0.4 is 0 Å². The van der Waals surface area contributed by atoms with Crippen molar-refractivity contribution in [2.24, 2.45) is 0 Å². The molecule has 0 amide bonds. The molecule has 0 aliphatic rings. The van der Waals surface area contributed by atoms with E-state index in [1.54, 1.807) is 0 Å². The maximum atomic E-state index is 12.5. The highest BCUT2D eigenvalue weighted by Crippen LogP contribution is 2.40. The number of rotatable bonds is 3. The Morgan fingerprint density at radius 3 is 2.53 bits per heavy atom. The number of hydrogen-bond donors (Lipinski definition) is 1. The molecule has 84 valence electrons. The van der Waals surface area contributed by atoms with E-state index in [2.05, 4.69) is 0 Å². The Morgan fingerprint density at radius 1 is 1.60 bits per heavy atom. The van der Waals surface area contributed by atoms with Gasteiger partial charge in [-0.2, -0.15) is 13.2 Å². The highest BCUT2D eigenvalue weighted by atomic mass is 35.5. The lowest BCUT2D eigenvalue weighted by atomic mass is 10.0. The molecule has 0 spiro atoms. The normalized spacial score (nSPS) is 13.9. The molecule has 0 aliphatic carbocycles. The summed E-state index contributed by atoms with van der Waals surface area (Å²) in [6, 6.07) is 1.15. The van der Waals surface area contributed by atoms with Crippen LogP contribution in [0.2, 0.25) is 5.02 Å². The highest BCUT2D eigenvalue weighted by molar-refractivity contribution is 7.10. The van der Waals surface area contributed by atoms with Gasteiger partial charge in [0.15, 0.2) is 0 Å². The number of hydrogen-bond acceptors (Lipinski definition) is 2. The van der Waals surface area contributed by atoms with Crippen molar-refractivity contribution >= 4 is 28.9 Å². The number of thiophene rings is 1. The maximum absolute atomic E-state index is 12.5. The van der Waals surface area contributed by atoms with Crippen LogP contribution in [0.1, 0.15) is 17.2 Å². The van der Waals surface area contributed by atoms with Crippen molar-refractivity contribution in [2.45, 2.75) is 18.5 Å². The molecule has 0 aliphatic heterocycles. The molecular formula is C8H6ClF3O2S. The molecule has 0 radical (unpaired) electrons. The monoisotopic (exact) mass is 258 g/mol. The van der Waals surface area contributed by atoms with Gasteiger partial charge in [-0.1, -0.05) is 11.6 Å². The van der Waals surface area contributed by atoms with Crippen LogP contribution in [-0.2, 0) is 4.79 Å². The van der Waals surface area contributed by atoms with E-state index in [9.17, 15) is 18.0 Å². The molecule has 0 bridgehead atoms. The van der Waals surface area contributed by atoms with Crippen molar-refractivity contribution in [1.82, 2.24) is 0 Å². The molecule has 0 saturated heterocycles. The molecule has 1 aromatic rings. The average molecular weight is 259 g/mol. The van der Waals surface area contributed by atoms with Crippen molar-refractivity contribution in [3.63, 3.8) is 0 Å². The minimum atomic E-state index is -4.56. The summed E-state index contributed by atoms with van der Waals surface area (Å²) < 4.78 is 37.4. The van der Waals surface area contributed by atoms with E-state index < -0.39 is 24.5 Å². The van der Waals surface area contributed by atoms with Gasteiger partial charge in [0.1, 0.15) is 0 Å². The molecule has 0 aromatic carbocycles. The van der Waals surface area contributed by atoms with Crippen LogP contribution in [0.25, 0.3) is 0 Å². The molecule has 1 N–H and O–H groups in total. The third-order valence-electron chi connectivity index (χ3n) is 1.71. The first-order valence-corrected chi connectivity index (χ1v) is 5.09. The smallest absolute Gasteiger partial charge is 0.397 e. The van der Waals surface area contributed by atoms with E-state index in [0.29, 0.717) is 0 Å². The van der Waals surface area contributed by atoms with E-state index in [0.717, 1.165) is 17.4 Å². The van der Waals surface area contributed by atoms with E-state index in [1.165, 1.54) is 5.38 Å². The van der Waals surface area contributed by atoms with Gasteiger partial charge in [0.2, 0.25) is 0 Å². The third kappa shape index (κ3) is 3.39. The predicted octanol–water partition coefficient (Wildman–Crippen LogP) is 3.52. The van der Waals surface area contributed by atoms with Crippen molar-refractivity contribution in [3.05, 3.63) is 21.3 Å². The quantitative estimate of drug-likeness (QED) is 0.901. The van der Waals surface area contributed by atoms with Gasteiger partial charge in [-0.15, -0.1) is 11.3 Å². The van der Waals surface area contributed by atoms with Crippen LogP contribution in [0.15, 0.2) is 11.4 Å². The fourth-order valence-corrected chi connectivity index (χ4v) is 2.27. The van der Waals surface area contributed by atoms with E-state index >= 15 is 0 Å². The Labute approximate surface area is 92.3 Å². The lowest BCUT2D eigenvalue weighted by Crippen LogP contribution is -2.22. The molecule has 1 rings (SSSR count). The van der Waals surface area contributed by atoms with Gasteiger partial charge in [0, 0.05) is 10.3 Å². The molecular weight excluding hydrogens is 253 g/mol. The number of alkyl halides is 3. The summed E-state index contributed by atoms with van der Waals surface area (Å²) in [6.45, 7) is 0. The lowest BCUT2D eigenvalue weighted by molar-refractivity contribution is -0.162. The molecule has 1 unspecified atom stereocenters. The predicted molar refractivity (Wildman–Crippen MR) is 50.4 cm³/mol. The molecule has 7 heteroatoms. The Morgan fingerprint density at radius 2 is 2.20 bits per heavy atom. The summed E-state index contributed by atoms with van der Waals surface area (Å²) in [4.78, 5) is 10.2. The van der Waals surface area contributed by atoms with E-state index in [-0.39, 0.29) is 9.90 Å². The van der Waals surface area contributed by atoms with Gasteiger partial charge in [-0.05, 0) is 6.07 Å². The van der Waals surface area contributed by atoms with E-state index in [4.69, 9.17) is 16.7 Å². The Bertz CT molecular complexity index is 361. The van der Waals surface area contributed by atoms with Crippen molar-refractivity contribution in [1.29, 1.82) is 0 Å². The fourth-order valence-electron chi connectivity index (χ4n) is 1.06. The van der Waals surface area contributed by atoms with Gasteiger partial charge in [-0.3, -0.25) is 4.79 Å². The number of carboxylic acids is 1. The second-order valence-corrected chi connectivity index (χ2v) is 4.24. The van der Waals surface area contributed by atoms with Crippen molar-refractivity contribution in [2.75, 3.05) is 0 Å². The van der Waals surface area contributed by atoms with Crippen molar-refractivity contribution < 1.29 is 23.1 Å². The fraction of sp³-hybridized carbons (Fsp3) is 0.375. The largest absolute Gasteiger partial charge is 0.481 e. The summed E-state index contributed by atoms with van der Waals surface area (Å²) in [5.74, 6) is -3.46. The third-order valence-corrected chi connectivity index (χ3v) is 3.10. The molecule has 1 aromatic heterocycles. The van der Waals surface area contributed by atoms with Gasteiger partial charge in [0.25, 0.3) is 0 Å². The number of carbonyl (C=O) groups is 1. The number of aliphatic carboxylic acids is 1. The highest BCUT2D eigenvalue weighted by Gasteiger charge is 2.42. The standard InChI is InChI=1S/C8H6ClF3O2S/c9-4-1-6(15-3-4)5(2-7(13)14)8(10,11)12/h1,3,5H,2H2,(H,13,14). The number of halogens is 4. The number of carboxylic acid groups (broad SMARTS) is 1. The molecule has 2 nitrogen and oxygen atoms in total. The maximum Gasteiger partial charge on any atom is 0.397 e. The zero-order valence-electron chi connectivity index (χ0n) is 7.21. The molecule has 1 atom stereocenters. The molecule has 0 fully saturated rings. The van der Waals surface area contributed by atoms with Gasteiger partial charge < -0.3 is 5.11 Å².